The molecule has 0 spiro atoms. The number of hydrogen-bond acceptors (Lipinski definition) is 5. The highest BCUT2D eigenvalue weighted by Gasteiger charge is 2.10. The normalized spacial score (nSPS) is 9.81. The van der Waals surface area contributed by atoms with Gasteiger partial charge in [0.05, 0.1) is 9.80 Å². The minimum atomic E-state index is -0.412. The SMILES string of the molecule is Cc1cc(OCc2ccc(C#CCO)s2)ccc1[N+](=O)[O-]. The first kappa shape index (κ1) is 15.0. The van der Waals surface area contributed by atoms with Crippen LogP contribution in [0.2, 0.25) is 0 Å². The van der Waals surface area contributed by atoms with Gasteiger partial charge in [0.2, 0.25) is 0 Å². The summed E-state index contributed by atoms with van der Waals surface area (Å²) < 4.78 is 5.62. The number of hydrogen-bond donors (Lipinski definition) is 1. The Morgan fingerprint density at radius 1 is 1.38 bits per heavy atom. The van der Waals surface area contributed by atoms with E-state index in [1.54, 1.807) is 19.1 Å². The average Bonchev–Trinajstić information content (AvgIpc) is 2.90. The van der Waals surface area contributed by atoms with Gasteiger partial charge in [0.15, 0.2) is 0 Å². The van der Waals surface area contributed by atoms with E-state index in [0.29, 0.717) is 17.9 Å². The zero-order valence-electron chi connectivity index (χ0n) is 11.3. The van der Waals surface area contributed by atoms with Crippen molar-refractivity contribution in [3.05, 3.63) is 55.8 Å². The van der Waals surface area contributed by atoms with Gasteiger partial charge < -0.3 is 9.84 Å². The fourth-order valence-corrected chi connectivity index (χ4v) is 2.52. The predicted octanol–water partition coefficient (Wildman–Crippen LogP) is 2.89. The van der Waals surface area contributed by atoms with Gasteiger partial charge in [0.25, 0.3) is 5.69 Å². The van der Waals surface area contributed by atoms with Gasteiger partial charge in [-0.3, -0.25) is 10.1 Å². The number of ether oxygens (including phenoxy) is 1. The number of aliphatic hydroxyl groups is 1. The maximum absolute atomic E-state index is 10.7. The maximum Gasteiger partial charge on any atom is 0.272 e. The number of nitro groups is 1. The second-order valence-electron chi connectivity index (χ2n) is 4.22. The van der Waals surface area contributed by atoms with E-state index in [1.807, 2.05) is 12.1 Å². The van der Waals surface area contributed by atoms with E-state index in [9.17, 15) is 10.1 Å². The molecule has 1 heterocycles. The third-order valence-electron chi connectivity index (χ3n) is 2.70. The molecule has 0 bridgehead atoms. The van der Waals surface area contributed by atoms with Crippen molar-refractivity contribution in [1.29, 1.82) is 0 Å². The molecule has 1 aromatic heterocycles. The minimum absolute atomic E-state index is 0.0834. The van der Waals surface area contributed by atoms with Crippen LogP contribution in [0.1, 0.15) is 15.3 Å². The largest absolute Gasteiger partial charge is 0.488 e. The molecule has 6 heteroatoms. The maximum atomic E-state index is 10.7. The highest BCUT2D eigenvalue weighted by molar-refractivity contribution is 7.12. The highest BCUT2D eigenvalue weighted by Crippen LogP contribution is 2.24. The van der Waals surface area contributed by atoms with E-state index in [1.165, 1.54) is 17.4 Å². The Hall–Kier alpha value is -2.36. The lowest BCUT2D eigenvalue weighted by Gasteiger charge is -2.05. The summed E-state index contributed by atoms with van der Waals surface area (Å²) in [5.74, 6) is 6.01. The summed E-state index contributed by atoms with van der Waals surface area (Å²) >= 11 is 1.49. The van der Waals surface area contributed by atoms with Crippen molar-refractivity contribution in [2.24, 2.45) is 0 Å². The van der Waals surface area contributed by atoms with Crippen molar-refractivity contribution in [1.82, 2.24) is 0 Å². The first-order valence-corrected chi connectivity index (χ1v) is 6.98. The van der Waals surface area contributed by atoms with Crippen molar-refractivity contribution in [3.63, 3.8) is 0 Å². The Bertz CT molecular complexity index is 712. The number of nitrogens with zero attached hydrogens (tertiary/aromatic N) is 1. The molecule has 1 N–H and O–H groups in total. The summed E-state index contributed by atoms with van der Waals surface area (Å²) in [6.07, 6.45) is 0. The molecular weight excluding hydrogens is 290 g/mol. The van der Waals surface area contributed by atoms with Gasteiger partial charge in [-0.25, -0.2) is 0 Å². The molecule has 0 radical (unpaired) electrons. The summed E-state index contributed by atoms with van der Waals surface area (Å²) in [5.41, 5.74) is 0.651. The highest BCUT2D eigenvalue weighted by atomic mass is 32.1. The van der Waals surface area contributed by atoms with Crippen molar-refractivity contribution >= 4 is 17.0 Å². The minimum Gasteiger partial charge on any atom is -0.488 e. The van der Waals surface area contributed by atoms with Crippen LogP contribution in [0.25, 0.3) is 0 Å². The monoisotopic (exact) mass is 303 g/mol. The van der Waals surface area contributed by atoms with Crippen molar-refractivity contribution in [3.8, 4) is 17.6 Å². The van der Waals surface area contributed by atoms with E-state index < -0.39 is 4.92 Å². The summed E-state index contributed by atoms with van der Waals surface area (Å²) in [6, 6.07) is 8.46. The smallest absolute Gasteiger partial charge is 0.272 e. The molecule has 0 aliphatic rings. The molecule has 0 saturated carbocycles. The average molecular weight is 303 g/mol. The number of thiophene rings is 1. The number of nitro benzene ring substituents is 1. The van der Waals surface area contributed by atoms with E-state index in [-0.39, 0.29) is 12.3 Å². The van der Waals surface area contributed by atoms with Crippen LogP contribution in [-0.4, -0.2) is 16.6 Å². The standard InChI is InChI=1S/C15H13NO4S/c1-11-9-12(4-7-15(11)16(18)19)20-10-14-6-5-13(21-14)3-2-8-17/h4-7,9,17H,8,10H2,1H3. The Morgan fingerprint density at radius 2 is 2.19 bits per heavy atom. The van der Waals surface area contributed by atoms with Crippen LogP contribution in [-0.2, 0) is 6.61 Å². The van der Waals surface area contributed by atoms with Crippen LogP contribution in [0, 0.1) is 28.9 Å². The van der Waals surface area contributed by atoms with E-state index in [2.05, 4.69) is 11.8 Å². The second-order valence-corrected chi connectivity index (χ2v) is 5.39. The van der Waals surface area contributed by atoms with E-state index in [4.69, 9.17) is 9.84 Å². The number of aliphatic hydroxyl groups excluding tert-OH is 1. The van der Waals surface area contributed by atoms with Crippen molar-refractivity contribution < 1.29 is 14.8 Å². The molecule has 0 atom stereocenters. The zero-order chi connectivity index (χ0) is 15.2. The molecule has 1 aromatic carbocycles. The third-order valence-corrected chi connectivity index (χ3v) is 3.67. The lowest BCUT2D eigenvalue weighted by Crippen LogP contribution is -1.95. The third kappa shape index (κ3) is 4.05. The molecule has 0 unspecified atom stereocenters. The zero-order valence-corrected chi connectivity index (χ0v) is 12.1. The molecule has 2 aromatic rings. The van der Waals surface area contributed by atoms with Gasteiger partial charge in [-0.2, -0.15) is 0 Å². The van der Waals surface area contributed by atoms with Crippen LogP contribution in [0.15, 0.2) is 30.3 Å². The molecule has 2 rings (SSSR count). The predicted molar refractivity (Wildman–Crippen MR) is 80.4 cm³/mol. The van der Waals surface area contributed by atoms with Gasteiger partial charge in [-0.1, -0.05) is 11.8 Å². The number of aryl methyl sites for hydroxylation is 1. The first-order chi connectivity index (χ1) is 10.1. The number of benzene rings is 1. The molecule has 0 aliphatic heterocycles. The Labute approximate surface area is 126 Å². The van der Waals surface area contributed by atoms with Gasteiger partial charge in [0.1, 0.15) is 19.0 Å². The van der Waals surface area contributed by atoms with Crippen LogP contribution >= 0.6 is 11.3 Å². The fraction of sp³-hybridized carbons (Fsp3) is 0.200. The lowest BCUT2D eigenvalue weighted by molar-refractivity contribution is -0.385. The lowest BCUT2D eigenvalue weighted by atomic mass is 10.2. The van der Waals surface area contributed by atoms with Gasteiger partial charge >= 0.3 is 0 Å². The van der Waals surface area contributed by atoms with Crippen molar-refractivity contribution in [2.75, 3.05) is 6.61 Å². The second kappa shape index (κ2) is 6.88. The molecule has 0 aliphatic carbocycles. The summed E-state index contributed by atoms with van der Waals surface area (Å²) in [6.45, 7) is 1.90. The summed E-state index contributed by atoms with van der Waals surface area (Å²) in [7, 11) is 0. The molecule has 0 amide bonds. The fourth-order valence-electron chi connectivity index (χ4n) is 1.73. The molecule has 0 fully saturated rings. The molecule has 21 heavy (non-hydrogen) atoms. The molecular formula is C15H13NO4S. The first-order valence-electron chi connectivity index (χ1n) is 6.16. The topological polar surface area (TPSA) is 72.6 Å². The van der Waals surface area contributed by atoms with Gasteiger partial charge in [0, 0.05) is 16.5 Å². The van der Waals surface area contributed by atoms with Gasteiger partial charge in [-0.15, -0.1) is 11.3 Å². The molecule has 0 saturated heterocycles. The Balaban J connectivity index is 2.01. The van der Waals surface area contributed by atoms with Crippen LogP contribution in [0.4, 0.5) is 5.69 Å². The van der Waals surface area contributed by atoms with Crippen LogP contribution in [0.3, 0.4) is 0 Å². The van der Waals surface area contributed by atoms with Crippen molar-refractivity contribution in [2.45, 2.75) is 13.5 Å². The number of rotatable bonds is 4. The van der Waals surface area contributed by atoms with E-state index >= 15 is 0 Å². The van der Waals surface area contributed by atoms with Crippen LogP contribution in [0.5, 0.6) is 5.75 Å². The summed E-state index contributed by atoms with van der Waals surface area (Å²) in [4.78, 5) is 12.2. The molecule has 108 valence electrons. The van der Waals surface area contributed by atoms with Crippen LogP contribution < -0.4 is 4.74 Å². The Morgan fingerprint density at radius 3 is 2.86 bits per heavy atom. The molecule has 5 nitrogen and oxygen atoms in total. The quantitative estimate of drug-likeness (QED) is 0.535. The Kier molecular flexibility index (Phi) is 4.93. The van der Waals surface area contributed by atoms with E-state index in [0.717, 1.165) is 9.75 Å². The summed E-state index contributed by atoms with van der Waals surface area (Å²) in [5, 5.41) is 19.4. The van der Waals surface area contributed by atoms with Gasteiger partial charge in [-0.05, 0) is 31.2 Å².